The molecule has 1 heterocycles. The van der Waals surface area contributed by atoms with Gasteiger partial charge in [-0.15, -0.1) is 0 Å². The summed E-state index contributed by atoms with van der Waals surface area (Å²) in [6, 6.07) is 6.17. The van der Waals surface area contributed by atoms with Crippen molar-refractivity contribution in [2.75, 3.05) is 13.2 Å². The normalized spacial score (nSPS) is 26.4. The Bertz CT molecular complexity index is 343. The number of aldehydes is 1. The fourth-order valence-corrected chi connectivity index (χ4v) is 1.77. The Morgan fingerprint density at radius 3 is 2.93 bits per heavy atom. The number of hydrogen-bond acceptors (Lipinski definition) is 2. The molecule has 74 valence electrons. The molecular formula is C11H11FO2. The molecule has 1 aromatic rings. The highest BCUT2D eigenvalue weighted by Gasteiger charge is 2.36. The molecule has 0 amide bonds. The lowest BCUT2D eigenvalue weighted by Gasteiger charge is -2.20. The number of carbonyl (C=O) groups excluding carboxylic acids is 1. The molecule has 0 radical (unpaired) electrons. The van der Waals surface area contributed by atoms with Gasteiger partial charge in [0.05, 0.1) is 12.0 Å². The lowest BCUT2D eigenvalue weighted by atomic mass is 9.81. The third-order valence-corrected chi connectivity index (χ3v) is 2.68. The molecule has 2 rings (SSSR count). The van der Waals surface area contributed by atoms with Gasteiger partial charge in [0.2, 0.25) is 0 Å². The summed E-state index contributed by atoms with van der Waals surface area (Å²) in [5.74, 6) is -0.310. The van der Waals surface area contributed by atoms with Gasteiger partial charge in [-0.2, -0.15) is 0 Å². The highest BCUT2D eigenvalue weighted by molar-refractivity contribution is 5.69. The lowest BCUT2D eigenvalue weighted by Crippen LogP contribution is -2.28. The van der Waals surface area contributed by atoms with E-state index >= 15 is 0 Å². The van der Waals surface area contributed by atoms with Crippen LogP contribution in [0.25, 0.3) is 0 Å². The molecule has 0 bridgehead atoms. The molecule has 0 aliphatic carbocycles. The van der Waals surface area contributed by atoms with Gasteiger partial charge in [0, 0.05) is 6.61 Å². The molecule has 1 atom stereocenters. The first-order valence-corrected chi connectivity index (χ1v) is 4.57. The lowest BCUT2D eigenvalue weighted by molar-refractivity contribution is -0.112. The highest BCUT2D eigenvalue weighted by atomic mass is 19.1. The Morgan fingerprint density at radius 2 is 2.36 bits per heavy atom. The van der Waals surface area contributed by atoms with Gasteiger partial charge in [-0.25, -0.2) is 4.39 Å². The summed E-state index contributed by atoms with van der Waals surface area (Å²) >= 11 is 0. The van der Waals surface area contributed by atoms with E-state index < -0.39 is 5.41 Å². The Balaban J connectivity index is 2.40. The molecule has 1 saturated heterocycles. The fourth-order valence-electron chi connectivity index (χ4n) is 1.77. The van der Waals surface area contributed by atoms with E-state index in [9.17, 15) is 9.18 Å². The van der Waals surface area contributed by atoms with Crippen LogP contribution in [0, 0.1) is 5.82 Å². The number of halogens is 1. The summed E-state index contributed by atoms with van der Waals surface area (Å²) in [6.07, 6.45) is 1.51. The predicted molar refractivity (Wildman–Crippen MR) is 49.6 cm³/mol. The van der Waals surface area contributed by atoms with Crippen LogP contribution in [0.5, 0.6) is 0 Å². The van der Waals surface area contributed by atoms with Gasteiger partial charge in [-0.05, 0) is 24.1 Å². The van der Waals surface area contributed by atoms with E-state index in [0.29, 0.717) is 25.2 Å². The Labute approximate surface area is 81.7 Å². The van der Waals surface area contributed by atoms with Crippen LogP contribution in [0.1, 0.15) is 12.0 Å². The maximum atomic E-state index is 13.0. The van der Waals surface area contributed by atoms with Gasteiger partial charge < -0.3 is 9.53 Å². The maximum Gasteiger partial charge on any atom is 0.132 e. The van der Waals surface area contributed by atoms with E-state index in [0.717, 1.165) is 6.29 Å². The van der Waals surface area contributed by atoms with E-state index in [1.165, 1.54) is 12.1 Å². The summed E-state index contributed by atoms with van der Waals surface area (Å²) in [5.41, 5.74) is 0.0900. The average Bonchev–Trinajstić information content (AvgIpc) is 2.67. The summed E-state index contributed by atoms with van der Waals surface area (Å²) in [6.45, 7) is 0.926. The summed E-state index contributed by atoms with van der Waals surface area (Å²) in [5, 5.41) is 0. The van der Waals surface area contributed by atoms with Crippen molar-refractivity contribution in [3.05, 3.63) is 35.6 Å². The minimum atomic E-state index is -0.623. The van der Waals surface area contributed by atoms with E-state index in [2.05, 4.69) is 0 Å². The monoisotopic (exact) mass is 194 g/mol. The number of ether oxygens (including phenoxy) is 1. The highest BCUT2D eigenvalue weighted by Crippen LogP contribution is 2.31. The first kappa shape index (κ1) is 9.34. The Morgan fingerprint density at radius 1 is 1.50 bits per heavy atom. The van der Waals surface area contributed by atoms with E-state index in [4.69, 9.17) is 4.74 Å². The molecule has 0 spiro atoms. The van der Waals surface area contributed by atoms with Crippen LogP contribution in [0.4, 0.5) is 4.39 Å². The zero-order chi connectivity index (χ0) is 10.0. The molecule has 0 saturated carbocycles. The van der Waals surface area contributed by atoms with Crippen LogP contribution in [0.15, 0.2) is 24.3 Å². The molecule has 14 heavy (non-hydrogen) atoms. The average molecular weight is 194 g/mol. The number of hydrogen-bond donors (Lipinski definition) is 0. The van der Waals surface area contributed by atoms with Crippen LogP contribution >= 0.6 is 0 Å². The van der Waals surface area contributed by atoms with Crippen molar-refractivity contribution >= 4 is 6.29 Å². The molecule has 1 aliphatic heterocycles. The summed E-state index contributed by atoms with van der Waals surface area (Å²) in [4.78, 5) is 11.0. The maximum absolute atomic E-state index is 13.0. The SMILES string of the molecule is O=CC1(c2cccc(F)c2)CCOC1. The van der Waals surface area contributed by atoms with Crippen LogP contribution in [0.2, 0.25) is 0 Å². The van der Waals surface area contributed by atoms with Gasteiger partial charge in [-0.1, -0.05) is 12.1 Å². The molecule has 1 unspecified atom stereocenters. The molecule has 0 aromatic heterocycles. The van der Waals surface area contributed by atoms with E-state index in [-0.39, 0.29) is 5.82 Å². The molecular weight excluding hydrogens is 183 g/mol. The topological polar surface area (TPSA) is 26.3 Å². The number of carbonyl (C=O) groups is 1. The third kappa shape index (κ3) is 1.44. The zero-order valence-corrected chi connectivity index (χ0v) is 7.70. The molecule has 0 N–H and O–H groups in total. The second kappa shape index (κ2) is 3.50. The first-order valence-electron chi connectivity index (χ1n) is 4.57. The summed E-state index contributed by atoms with van der Waals surface area (Å²) < 4.78 is 18.2. The molecule has 1 aliphatic rings. The van der Waals surface area contributed by atoms with Crippen LogP contribution in [0.3, 0.4) is 0 Å². The Hall–Kier alpha value is -1.22. The first-order chi connectivity index (χ1) is 6.77. The van der Waals surface area contributed by atoms with Crippen molar-refractivity contribution in [2.45, 2.75) is 11.8 Å². The van der Waals surface area contributed by atoms with Gasteiger partial charge in [0.1, 0.15) is 12.1 Å². The van der Waals surface area contributed by atoms with Gasteiger partial charge >= 0.3 is 0 Å². The van der Waals surface area contributed by atoms with Gasteiger partial charge in [0.25, 0.3) is 0 Å². The minimum absolute atomic E-state index is 0.310. The smallest absolute Gasteiger partial charge is 0.132 e. The molecule has 1 fully saturated rings. The van der Waals surface area contributed by atoms with Crippen molar-refractivity contribution in [1.82, 2.24) is 0 Å². The van der Waals surface area contributed by atoms with E-state index in [1.54, 1.807) is 12.1 Å². The van der Waals surface area contributed by atoms with Crippen LogP contribution < -0.4 is 0 Å². The molecule has 2 nitrogen and oxygen atoms in total. The number of benzene rings is 1. The zero-order valence-electron chi connectivity index (χ0n) is 7.70. The Kier molecular flexibility index (Phi) is 2.33. The third-order valence-electron chi connectivity index (χ3n) is 2.68. The van der Waals surface area contributed by atoms with Crippen molar-refractivity contribution < 1.29 is 13.9 Å². The second-order valence-corrected chi connectivity index (χ2v) is 3.59. The standard InChI is InChI=1S/C11H11FO2/c12-10-3-1-2-9(6-10)11(7-13)4-5-14-8-11/h1-3,6-7H,4-5,8H2. The molecule has 1 aromatic carbocycles. The predicted octanol–water partition coefficient (Wildman–Crippen LogP) is 1.68. The number of rotatable bonds is 2. The molecule has 3 heteroatoms. The largest absolute Gasteiger partial charge is 0.380 e. The van der Waals surface area contributed by atoms with Crippen molar-refractivity contribution in [1.29, 1.82) is 0 Å². The van der Waals surface area contributed by atoms with E-state index in [1.807, 2.05) is 0 Å². The van der Waals surface area contributed by atoms with Crippen molar-refractivity contribution in [3.8, 4) is 0 Å². The van der Waals surface area contributed by atoms with Crippen molar-refractivity contribution in [3.63, 3.8) is 0 Å². The minimum Gasteiger partial charge on any atom is -0.380 e. The van der Waals surface area contributed by atoms with Crippen molar-refractivity contribution in [2.24, 2.45) is 0 Å². The van der Waals surface area contributed by atoms with Gasteiger partial charge in [0.15, 0.2) is 0 Å². The van der Waals surface area contributed by atoms with Crippen LogP contribution in [-0.2, 0) is 14.9 Å². The quantitative estimate of drug-likeness (QED) is 0.669. The summed E-state index contributed by atoms with van der Waals surface area (Å²) in [7, 11) is 0. The second-order valence-electron chi connectivity index (χ2n) is 3.59. The van der Waals surface area contributed by atoms with Gasteiger partial charge in [-0.3, -0.25) is 0 Å². The van der Waals surface area contributed by atoms with Crippen LogP contribution in [-0.4, -0.2) is 19.5 Å². The fraction of sp³-hybridized carbons (Fsp3) is 0.364.